The van der Waals surface area contributed by atoms with Crippen molar-refractivity contribution >= 4 is 17.4 Å². The van der Waals surface area contributed by atoms with Gasteiger partial charge in [0.05, 0.1) is 0 Å². The first-order valence-corrected chi connectivity index (χ1v) is 10.7. The number of allylic oxidation sites excluding steroid dienone is 4. The molecule has 2 aromatic rings. The summed E-state index contributed by atoms with van der Waals surface area (Å²) in [5.74, 6) is 2.40. The van der Waals surface area contributed by atoms with Crippen molar-refractivity contribution in [2.24, 2.45) is 11.8 Å². The van der Waals surface area contributed by atoms with E-state index >= 15 is 0 Å². The van der Waals surface area contributed by atoms with Gasteiger partial charge in [0.2, 0.25) is 0 Å². The molecule has 2 heterocycles. The van der Waals surface area contributed by atoms with Crippen molar-refractivity contribution < 1.29 is 21.7 Å². The van der Waals surface area contributed by atoms with Crippen LogP contribution in [0.5, 0.6) is 0 Å². The number of benzene rings is 2. The van der Waals surface area contributed by atoms with Crippen molar-refractivity contribution in [3.8, 4) is 0 Å². The van der Waals surface area contributed by atoms with Crippen molar-refractivity contribution in [1.82, 2.24) is 0 Å². The molecule has 2 aliphatic carbocycles. The second kappa shape index (κ2) is 9.94. The Hall–Kier alpha value is -1.22. The second-order valence-corrected chi connectivity index (χ2v) is 9.16. The second-order valence-electron chi connectivity index (χ2n) is 7.94. The van der Waals surface area contributed by atoms with E-state index in [2.05, 4.69) is 78.5 Å². The summed E-state index contributed by atoms with van der Waals surface area (Å²) in [6, 6.07) is 16.0. The predicted octanol–water partition coefficient (Wildman–Crippen LogP) is 7.70. The average Bonchev–Trinajstić information content (AvgIpc) is 3.22. The summed E-state index contributed by atoms with van der Waals surface area (Å²) in [7, 11) is 0. The van der Waals surface area contributed by atoms with E-state index in [-0.39, 0.29) is 44.0 Å². The standard InChI is InChI=1S/C24H22NS.3CH3.Ti/c1-2-10-17-16(9-1)21-18-11-3-4-13-20(18)26-24(21)22(17)19-12-5-7-15-8-6-14-25-23(15)19;;;;/h1-5,7,9-13,16-17,21-22,24H,6,8,14H2;3*1H3;/q4*-1;+4/t16?,17-,21?,22?,24?;;;;/m1..../s1. The molecule has 1 saturated carbocycles. The molecule has 2 aromatic carbocycles. The molecule has 154 valence electrons. The molecule has 30 heavy (non-hydrogen) atoms. The smallest absolute Gasteiger partial charge is 0.684 e. The number of fused-ring (bicyclic) bond motifs is 6. The molecule has 0 N–H and O–H groups in total. The van der Waals surface area contributed by atoms with Crippen LogP contribution in [0.4, 0.5) is 5.69 Å². The molecule has 1 nitrogen and oxygen atoms in total. The minimum absolute atomic E-state index is 0. The summed E-state index contributed by atoms with van der Waals surface area (Å²) in [4.78, 5) is 1.50. The third kappa shape index (κ3) is 3.66. The van der Waals surface area contributed by atoms with Crippen LogP contribution in [0.3, 0.4) is 0 Å². The van der Waals surface area contributed by atoms with E-state index in [1.165, 1.54) is 34.6 Å². The van der Waals surface area contributed by atoms with Gasteiger partial charge in [0.1, 0.15) is 0 Å². The number of aryl methyl sites for hydroxylation is 1. The summed E-state index contributed by atoms with van der Waals surface area (Å²) in [6.07, 6.45) is 11.8. The van der Waals surface area contributed by atoms with Gasteiger partial charge in [-0.2, -0.15) is 0 Å². The Morgan fingerprint density at radius 3 is 2.23 bits per heavy atom. The molecule has 6 rings (SSSR count). The molecule has 0 bridgehead atoms. The monoisotopic (exact) mass is 449 g/mol. The minimum Gasteiger partial charge on any atom is -0.684 e. The van der Waals surface area contributed by atoms with Gasteiger partial charge >= 0.3 is 21.7 Å². The van der Waals surface area contributed by atoms with Gasteiger partial charge in [-0.3, -0.25) is 0 Å². The molecular weight excluding hydrogens is 418 g/mol. The van der Waals surface area contributed by atoms with Gasteiger partial charge in [0.25, 0.3) is 0 Å². The average molecular weight is 449 g/mol. The van der Waals surface area contributed by atoms with E-state index < -0.39 is 0 Å². The zero-order valence-electron chi connectivity index (χ0n) is 18.2. The maximum Gasteiger partial charge on any atom is 4.00 e. The third-order valence-corrected chi connectivity index (χ3v) is 8.17. The van der Waals surface area contributed by atoms with Crippen molar-refractivity contribution in [2.45, 2.75) is 34.8 Å². The van der Waals surface area contributed by atoms with Crippen LogP contribution in [0, 0.1) is 34.1 Å². The topological polar surface area (TPSA) is 14.1 Å². The number of nitrogens with zero attached hydrogens (tertiary/aromatic N) is 1. The van der Waals surface area contributed by atoms with E-state index in [0.717, 1.165) is 6.54 Å². The molecule has 2 aliphatic heterocycles. The van der Waals surface area contributed by atoms with E-state index in [4.69, 9.17) is 5.32 Å². The largest absolute Gasteiger partial charge is 4.00 e. The fourth-order valence-corrected chi connectivity index (χ4v) is 7.42. The molecule has 0 spiro atoms. The molecule has 0 radical (unpaired) electrons. The Balaban J connectivity index is 0.000000801. The van der Waals surface area contributed by atoms with Crippen LogP contribution >= 0.6 is 11.8 Å². The maximum absolute atomic E-state index is 4.99. The Morgan fingerprint density at radius 1 is 0.800 bits per heavy atom. The van der Waals surface area contributed by atoms with E-state index in [9.17, 15) is 0 Å². The fourth-order valence-electron chi connectivity index (χ4n) is 5.68. The molecule has 5 atom stereocenters. The van der Waals surface area contributed by atoms with Crippen molar-refractivity contribution in [2.75, 3.05) is 6.54 Å². The van der Waals surface area contributed by atoms with Crippen LogP contribution < -0.4 is 0 Å². The summed E-state index contributed by atoms with van der Waals surface area (Å²) in [6.45, 7) is 0.988. The molecule has 3 heteroatoms. The maximum atomic E-state index is 4.99. The Kier molecular flexibility index (Phi) is 8.30. The number of hydrogen-bond acceptors (Lipinski definition) is 1. The first-order chi connectivity index (χ1) is 12.9. The SMILES string of the molecule is C1=CC2C3c4ccccc4SC3C(c3cccc4c3[N-]CCC4)[C@@H]2C=C1.[CH3-].[CH3-].[CH3-].[Ti+4]. The Bertz CT molecular complexity index is 934. The quantitative estimate of drug-likeness (QED) is 0.321. The summed E-state index contributed by atoms with van der Waals surface area (Å²) in [5, 5.41) is 5.61. The van der Waals surface area contributed by atoms with Gasteiger partial charge in [-0.25, -0.2) is 0 Å². The van der Waals surface area contributed by atoms with Gasteiger partial charge in [-0.1, -0.05) is 78.3 Å². The van der Waals surface area contributed by atoms with Crippen LogP contribution in [0.15, 0.2) is 71.7 Å². The number of para-hydroxylation sites is 1. The minimum atomic E-state index is 0. The Morgan fingerprint density at radius 2 is 1.47 bits per heavy atom. The van der Waals surface area contributed by atoms with Crippen LogP contribution in [-0.2, 0) is 28.1 Å². The Labute approximate surface area is 202 Å². The summed E-state index contributed by atoms with van der Waals surface area (Å²) >= 11 is 2.12. The van der Waals surface area contributed by atoms with Crippen LogP contribution in [0.1, 0.15) is 34.9 Å². The molecular formula is C27H31NSTi. The molecule has 1 fully saturated rings. The number of rotatable bonds is 1. The van der Waals surface area contributed by atoms with Gasteiger partial charge in [-0.05, 0) is 29.9 Å². The molecule has 4 aliphatic rings. The normalized spacial score (nSPS) is 28.7. The van der Waals surface area contributed by atoms with Crippen LogP contribution in [-0.4, -0.2) is 11.8 Å². The third-order valence-electron chi connectivity index (χ3n) is 6.68. The molecule has 0 amide bonds. The fraction of sp³-hybridized carbons (Fsp3) is 0.296. The molecule has 0 aromatic heterocycles. The van der Waals surface area contributed by atoms with Crippen molar-refractivity contribution in [3.05, 3.63) is 111 Å². The van der Waals surface area contributed by atoms with Crippen molar-refractivity contribution in [3.63, 3.8) is 0 Å². The summed E-state index contributed by atoms with van der Waals surface area (Å²) in [5.41, 5.74) is 5.86. The van der Waals surface area contributed by atoms with Crippen molar-refractivity contribution in [1.29, 1.82) is 0 Å². The van der Waals surface area contributed by atoms with Gasteiger partial charge in [0.15, 0.2) is 0 Å². The van der Waals surface area contributed by atoms with E-state index in [1.807, 2.05) is 0 Å². The number of thioether (sulfide) groups is 1. The van der Waals surface area contributed by atoms with Gasteiger partial charge in [-0.15, -0.1) is 24.0 Å². The van der Waals surface area contributed by atoms with Gasteiger partial charge < -0.3 is 27.6 Å². The zero-order chi connectivity index (χ0) is 17.1. The van der Waals surface area contributed by atoms with Gasteiger partial charge in [0, 0.05) is 22.0 Å². The first kappa shape index (κ1) is 25.0. The van der Waals surface area contributed by atoms with E-state index in [1.54, 1.807) is 5.56 Å². The number of hydrogen-bond donors (Lipinski definition) is 0. The van der Waals surface area contributed by atoms with Crippen LogP contribution in [0.25, 0.3) is 5.32 Å². The zero-order valence-corrected chi connectivity index (χ0v) is 20.6. The predicted molar refractivity (Wildman–Crippen MR) is 129 cm³/mol. The summed E-state index contributed by atoms with van der Waals surface area (Å²) < 4.78 is 0. The van der Waals surface area contributed by atoms with Crippen LogP contribution in [0.2, 0.25) is 0 Å². The first-order valence-electron chi connectivity index (χ1n) is 9.82. The molecule has 0 saturated heterocycles. The molecule has 4 unspecified atom stereocenters. The van der Waals surface area contributed by atoms with E-state index in [0.29, 0.717) is 28.9 Å².